The minimum atomic E-state index is -1.03. The molecule has 0 saturated carbocycles. The Hall–Kier alpha value is -2.30. The van der Waals surface area contributed by atoms with Crippen molar-refractivity contribution in [3.05, 3.63) is 46.5 Å². The van der Waals surface area contributed by atoms with Crippen LogP contribution in [0.3, 0.4) is 0 Å². The Morgan fingerprint density at radius 2 is 2.00 bits per heavy atom. The highest BCUT2D eigenvalue weighted by Crippen LogP contribution is 2.15. The summed E-state index contributed by atoms with van der Waals surface area (Å²) in [6.07, 6.45) is 1.77. The summed E-state index contributed by atoms with van der Waals surface area (Å²) in [7, 11) is 1.53. The molecule has 2 rings (SSSR count). The summed E-state index contributed by atoms with van der Waals surface area (Å²) in [5.41, 5.74) is 1.85. The van der Waals surface area contributed by atoms with E-state index in [1.165, 1.54) is 7.05 Å². The van der Waals surface area contributed by atoms with Gasteiger partial charge in [0.15, 0.2) is 0 Å². The Labute approximate surface area is 98.2 Å². The van der Waals surface area contributed by atoms with Gasteiger partial charge in [-0.25, -0.2) is 0 Å². The summed E-state index contributed by atoms with van der Waals surface area (Å²) in [5, 5.41) is 5.38. The Morgan fingerprint density at radius 3 is 2.59 bits per heavy atom. The van der Waals surface area contributed by atoms with Crippen LogP contribution in [0, 0.1) is 4.91 Å². The average Bonchev–Trinajstić information content (AvgIpc) is 2.65. The van der Waals surface area contributed by atoms with Gasteiger partial charge in [0.2, 0.25) is 6.04 Å². The SMILES string of the molecule is CN=C1C(=Cc2ccccc2)NC(=O)C1N=O. The quantitative estimate of drug-likeness (QED) is 0.778. The van der Waals surface area contributed by atoms with E-state index in [0.29, 0.717) is 11.4 Å². The van der Waals surface area contributed by atoms with Gasteiger partial charge in [0, 0.05) is 7.05 Å². The van der Waals surface area contributed by atoms with Crippen LogP contribution in [0.25, 0.3) is 6.08 Å². The number of aliphatic imine (C=N–C) groups is 1. The van der Waals surface area contributed by atoms with Gasteiger partial charge in [0.1, 0.15) is 0 Å². The van der Waals surface area contributed by atoms with Gasteiger partial charge in [-0.15, -0.1) is 4.91 Å². The molecule has 5 heteroatoms. The van der Waals surface area contributed by atoms with Crippen molar-refractivity contribution < 1.29 is 4.79 Å². The van der Waals surface area contributed by atoms with Crippen LogP contribution in [0.15, 0.2) is 46.2 Å². The lowest BCUT2D eigenvalue weighted by atomic mass is 10.1. The van der Waals surface area contributed by atoms with E-state index in [9.17, 15) is 9.70 Å². The number of nitrogens with zero attached hydrogens (tertiary/aromatic N) is 2. The number of amides is 1. The maximum absolute atomic E-state index is 11.4. The summed E-state index contributed by atoms with van der Waals surface area (Å²) in [5.74, 6) is -0.428. The van der Waals surface area contributed by atoms with E-state index >= 15 is 0 Å². The topological polar surface area (TPSA) is 70.9 Å². The number of hydrogen-bond acceptors (Lipinski definition) is 4. The summed E-state index contributed by atoms with van der Waals surface area (Å²) < 4.78 is 0. The highest BCUT2D eigenvalue weighted by Gasteiger charge is 2.35. The summed E-state index contributed by atoms with van der Waals surface area (Å²) in [6.45, 7) is 0. The molecule has 1 heterocycles. The van der Waals surface area contributed by atoms with Crippen LogP contribution in [-0.2, 0) is 4.79 Å². The first kappa shape index (κ1) is 11.2. The van der Waals surface area contributed by atoms with Gasteiger partial charge in [-0.3, -0.25) is 9.79 Å². The number of nitrogens with one attached hydrogen (secondary N) is 1. The van der Waals surface area contributed by atoms with E-state index < -0.39 is 11.9 Å². The smallest absolute Gasteiger partial charge is 0.259 e. The molecule has 1 N–H and O–H groups in total. The molecule has 0 radical (unpaired) electrons. The fourth-order valence-corrected chi connectivity index (χ4v) is 1.70. The zero-order chi connectivity index (χ0) is 12.3. The van der Waals surface area contributed by atoms with Crippen molar-refractivity contribution >= 4 is 17.7 Å². The Morgan fingerprint density at radius 1 is 1.29 bits per heavy atom. The molecular weight excluding hydrogens is 218 g/mol. The van der Waals surface area contributed by atoms with Gasteiger partial charge < -0.3 is 5.32 Å². The Bertz CT molecular complexity index is 506. The van der Waals surface area contributed by atoms with Crippen LogP contribution in [0.2, 0.25) is 0 Å². The molecule has 86 valence electrons. The lowest BCUT2D eigenvalue weighted by Gasteiger charge is -1.99. The van der Waals surface area contributed by atoms with Crippen LogP contribution >= 0.6 is 0 Å². The van der Waals surface area contributed by atoms with E-state index in [-0.39, 0.29) is 0 Å². The largest absolute Gasteiger partial charge is 0.322 e. The molecule has 17 heavy (non-hydrogen) atoms. The van der Waals surface area contributed by atoms with E-state index in [1.807, 2.05) is 30.3 Å². The molecule has 0 aliphatic carbocycles. The van der Waals surface area contributed by atoms with Gasteiger partial charge in [0.25, 0.3) is 5.91 Å². The molecule has 1 amide bonds. The normalized spacial score (nSPS) is 24.1. The lowest BCUT2D eigenvalue weighted by Crippen LogP contribution is -2.22. The number of nitroso groups, excluding NO2 is 1. The molecule has 1 atom stereocenters. The van der Waals surface area contributed by atoms with Crippen LogP contribution in [0.1, 0.15) is 5.56 Å². The summed E-state index contributed by atoms with van der Waals surface area (Å²) >= 11 is 0. The summed E-state index contributed by atoms with van der Waals surface area (Å²) in [6, 6.07) is 8.44. The van der Waals surface area contributed by atoms with Crippen molar-refractivity contribution in [3.63, 3.8) is 0 Å². The zero-order valence-electron chi connectivity index (χ0n) is 9.25. The highest BCUT2D eigenvalue weighted by molar-refractivity contribution is 6.24. The summed E-state index contributed by atoms with van der Waals surface area (Å²) in [4.78, 5) is 26.0. The third-order valence-corrected chi connectivity index (χ3v) is 2.50. The molecule has 1 aliphatic heterocycles. The van der Waals surface area contributed by atoms with Gasteiger partial charge in [-0.2, -0.15) is 0 Å². The molecule has 1 aromatic rings. The number of carbonyl (C=O) groups is 1. The molecule has 0 aromatic heterocycles. The third kappa shape index (κ3) is 2.13. The molecule has 1 saturated heterocycles. The number of benzene rings is 1. The van der Waals surface area contributed by atoms with Crippen LogP contribution < -0.4 is 5.32 Å². The molecule has 5 nitrogen and oxygen atoms in total. The standard InChI is InChI=1S/C12H11N3O2/c1-13-10-9(14-12(16)11(10)15-17)7-8-5-3-2-4-6-8/h2-7,11H,1H3,(H,14,16). The van der Waals surface area contributed by atoms with Crippen LogP contribution in [0.5, 0.6) is 0 Å². The van der Waals surface area contributed by atoms with E-state index in [1.54, 1.807) is 6.08 Å². The molecule has 0 spiro atoms. The minimum absolute atomic E-state index is 0.383. The van der Waals surface area contributed by atoms with E-state index in [0.717, 1.165) is 5.56 Å². The van der Waals surface area contributed by atoms with Crippen LogP contribution in [0.4, 0.5) is 0 Å². The van der Waals surface area contributed by atoms with Gasteiger partial charge >= 0.3 is 0 Å². The number of carbonyl (C=O) groups excluding carboxylic acids is 1. The molecule has 1 aliphatic rings. The maximum atomic E-state index is 11.4. The van der Waals surface area contributed by atoms with Crippen molar-refractivity contribution in [2.24, 2.45) is 10.2 Å². The van der Waals surface area contributed by atoms with Crippen molar-refractivity contribution in [1.29, 1.82) is 0 Å². The second-order valence-corrected chi connectivity index (χ2v) is 3.57. The second-order valence-electron chi connectivity index (χ2n) is 3.57. The first-order valence-electron chi connectivity index (χ1n) is 5.13. The first-order chi connectivity index (χ1) is 8.26. The van der Waals surface area contributed by atoms with Gasteiger partial charge in [-0.05, 0) is 16.8 Å². The van der Waals surface area contributed by atoms with Crippen molar-refractivity contribution in [2.75, 3.05) is 7.05 Å². The maximum Gasteiger partial charge on any atom is 0.259 e. The van der Waals surface area contributed by atoms with Gasteiger partial charge in [0.05, 0.1) is 11.4 Å². The van der Waals surface area contributed by atoms with Crippen molar-refractivity contribution in [2.45, 2.75) is 6.04 Å². The van der Waals surface area contributed by atoms with Crippen molar-refractivity contribution in [3.8, 4) is 0 Å². The average molecular weight is 229 g/mol. The Kier molecular flexibility index (Phi) is 3.09. The van der Waals surface area contributed by atoms with E-state index in [4.69, 9.17) is 0 Å². The molecule has 1 unspecified atom stereocenters. The highest BCUT2D eigenvalue weighted by atomic mass is 16.3. The molecule has 1 fully saturated rings. The Balaban J connectivity index is 2.38. The van der Waals surface area contributed by atoms with Gasteiger partial charge in [-0.1, -0.05) is 30.3 Å². The zero-order valence-corrected chi connectivity index (χ0v) is 9.25. The molecular formula is C12H11N3O2. The second kappa shape index (κ2) is 4.69. The fourth-order valence-electron chi connectivity index (χ4n) is 1.70. The number of rotatable bonds is 2. The number of hydrogen-bond donors (Lipinski definition) is 1. The molecule has 0 bridgehead atoms. The van der Waals surface area contributed by atoms with Crippen LogP contribution in [-0.4, -0.2) is 24.7 Å². The monoisotopic (exact) mass is 229 g/mol. The molecule has 1 aromatic carbocycles. The lowest BCUT2D eigenvalue weighted by molar-refractivity contribution is -0.119. The van der Waals surface area contributed by atoms with Crippen molar-refractivity contribution in [1.82, 2.24) is 5.32 Å². The predicted octanol–water partition coefficient (Wildman–Crippen LogP) is 1.36. The van der Waals surface area contributed by atoms with E-state index in [2.05, 4.69) is 15.5 Å². The minimum Gasteiger partial charge on any atom is -0.322 e. The predicted molar refractivity (Wildman–Crippen MR) is 65.5 cm³/mol. The first-order valence-corrected chi connectivity index (χ1v) is 5.13. The third-order valence-electron chi connectivity index (χ3n) is 2.50. The fraction of sp³-hybridized carbons (Fsp3) is 0.167.